The molecule has 1 spiro atoms. The van der Waals surface area contributed by atoms with Gasteiger partial charge in [-0.1, -0.05) is 59.1 Å². The lowest BCUT2D eigenvalue weighted by molar-refractivity contribution is 0.0706. The molecule has 7 heteroatoms. The van der Waals surface area contributed by atoms with Crippen LogP contribution in [0.15, 0.2) is 24.3 Å². The molecular formula is C22H31N3O4. The van der Waals surface area contributed by atoms with Crippen LogP contribution in [-0.2, 0) is 4.74 Å². The Morgan fingerprint density at radius 1 is 1.24 bits per heavy atom. The molecule has 3 rings (SSSR count). The van der Waals surface area contributed by atoms with Crippen molar-refractivity contribution in [3.8, 4) is 0 Å². The van der Waals surface area contributed by atoms with Gasteiger partial charge in [0.15, 0.2) is 0 Å². The topological polar surface area (TPSA) is 101 Å². The summed E-state index contributed by atoms with van der Waals surface area (Å²) < 4.78 is 5.37. The second-order valence-electron chi connectivity index (χ2n) is 8.83. The molecule has 158 valence electrons. The van der Waals surface area contributed by atoms with E-state index in [9.17, 15) is 14.4 Å². The fourth-order valence-electron chi connectivity index (χ4n) is 4.55. The number of nitrogens with one attached hydrogen (secondary N) is 1. The second kappa shape index (κ2) is 7.69. The minimum absolute atomic E-state index is 0.0437. The molecule has 7 nitrogen and oxygen atoms in total. The third kappa shape index (κ3) is 3.58. The summed E-state index contributed by atoms with van der Waals surface area (Å²) >= 11 is 0. The summed E-state index contributed by atoms with van der Waals surface area (Å²) in [4.78, 5) is 39.5. The summed E-state index contributed by atoms with van der Waals surface area (Å²) in [6.07, 6.45) is 3.33. The first-order valence-electron chi connectivity index (χ1n) is 10.3. The van der Waals surface area contributed by atoms with Crippen LogP contribution < -0.4 is 11.1 Å². The Kier molecular flexibility index (Phi) is 5.61. The lowest BCUT2D eigenvalue weighted by Gasteiger charge is -2.33. The SMILES string of the molecule is CCCCC[C@H]1N(C(=O)c2ccccc2C(N)=O)[C@@]12NC(=O)OCC(C)(C)[C@@H]2C. The molecule has 2 saturated heterocycles. The highest BCUT2D eigenvalue weighted by molar-refractivity contribution is 6.08. The zero-order valence-corrected chi connectivity index (χ0v) is 17.7. The van der Waals surface area contributed by atoms with Crippen LogP contribution in [0.25, 0.3) is 0 Å². The first-order valence-corrected chi connectivity index (χ1v) is 10.3. The van der Waals surface area contributed by atoms with Crippen molar-refractivity contribution in [3.63, 3.8) is 0 Å². The van der Waals surface area contributed by atoms with Crippen LogP contribution in [0.2, 0.25) is 0 Å². The molecule has 0 unspecified atom stereocenters. The molecule has 2 heterocycles. The average Bonchev–Trinajstić information content (AvgIpc) is 3.33. The molecule has 0 radical (unpaired) electrons. The maximum atomic E-state index is 13.6. The number of cyclic esters (lactones) is 1. The van der Waals surface area contributed by atoms with Gasteiger partial charge < -0.3 is 15.4 Å². The quantitative estimate of drug-likeness (QED) is 0.564. The second-order valence-corrected chi connectivity index (χ2v) is 8.83. The first-order chi connectivity index (χ1) is 13.7. The van der Waals surface area contributed by atoms with Crippen LogP contribution in [0, 0.1) is 11.3 Å². The van der Waals surface area contributed by atoms with Gasteiger partial charge >= 0.3 is 6.09 Å². The molecule has 0 bridgehead atoms. The van der Waals surface area contributed by atoms with Gasteiger partial charge in [0.05, 0.1) is 23.8 Å². The third-order valence-electron chi connectivity index (χ3n) is 6.58. The average molecular weight is 402 g/mol. The van der Waals surface area contributed by atoms with E-state index in [1.54, 1.807) is 29.2 Å². The minimum Gasteiger partial charge on any atom is -0.449 e. The molecule has 2 fully saturated rings. The maximum absolute atomic E-state index is 13.6. The molecule has 3 atom stereocenters. The number of amides is 3. The number of carbonyl (C=O) groups excluding carboxylic acids is 3. The van der Waals surface area contributed by atoms with Crippen LogP contribution >= 0.6 is 0 Å². The van der Waals surface area contributed by atoms with Crippen molar-refractivity contribution in [1.82, 2.24) is 10.2 Å². The standard InChI is InChI=1S/C22H31N3O4/c1-5-6-7-12-17-22(14(2)21(3,4)13-29-20(28)24-22)25(17)19(27)16-11-9-8-10-15(16)18(23)26/h8-11,14,17H,5-7,12-13H2,1-4H3,(H2,23,26)(H,24,28)/t14-,17+,22+,25?/m0/s1. The van der Waals surface area contributed by atoms with E-state index >= 15 is 0 Å². The number of hydrogen-bond donors (Lipinski definition) is 2. The van der Waals surface area contributed by atoms with Gasteiger partial charge in [-0.15, -0.1) is 0 Å². The lowest BCUT2D eigenvalue weighted by atomic mass is 9.74. The summed E-state index contributed by atoms with van der Waals surface area (Å²) in [6.45, 7) is 8.54. The van der Waals surface area contributed by atoms with E-state index in [1.807, 2.05) is 13.8 Å². The highest BCUT2D eigenvalue weighted by atomic mass is 16.6. The van der Waals surface area contributed by atoms with Crippen molar-refractivity contribution >= 4 is 17.9 Å². The fraction of sp³-hybridized carbons (Fsp3) is 0.591. The predicted molar refractivity (Wildman–Crippen MR) is 109 cm³/mol. The van der Waals surface area contributed by atoms with Gasteiger partial charge in [0.1, 0.15) is 5.66 Å². The first kappa shape index (κ1) is 21.1. The van der Waals surface area contributed by atoms with E-state index in [0.717, 1.165) is 25.7 Å². The molecule has 1 aromatic rings. The number of primary amides is 1. The van der Waals surface area contributed by atoms with Gasteiger partial charge in [-0.05, 0) is 18.6 Å². The zero-order valence-electron chi connectivity index (χ0n) is 17.7. The number of carbonyl (C=O) groups is 3. The number of rotatable bonds is 6. The summed E-state index contributed by atoms with van der Waals surface area (Å²) in [6, 6.07) is 6.41. The van der Waals surface area contributed by atoms with E-state index < -0.39 is 17.7 Å². The molecule has 3 N–H and O–H groups in total. The zero-order chi connectivity index (χ0) is 21.4. The Bertz CT molecular complexity index is 822. The Hall–Kier alpha value is -2.57. The van der Waals surface area contributed by atoms with Crippen LogP contribution in [-0.4, -0.2) is 41.1 Å². The smallest absolute Gasteiger partial charge is 0.409 e. The van der Waals surface area contributed by atoms with E-state index in [4.69, 9.17) is 10.5 Å². The van der Waals surface area contributed by atoms with Gasteiger partial charge in [0.2, 0.25) is 5.91 Å². The molecule has 0 aliphatic carbocycles. The van der Waals surface area contributed by atoms with Crippen molar-refractivity contribution in [2.24, 2.45) is 17.1 Å². The number of alkyl carbamates (subject to hydrolysis) is 1. The van der Waals surface area contributed by atoms with Crippen LogP contribution in [0.4, 0.5) is 4.79 Å². The number of nitrogens with two attached hydrogens (primary N) is 1. The Morgan fingerprint density at radius 3 is 2.52 bits per heavy atom. The van der Waals surface area contributed by atoms with Gasteiger partial charge in [-0.2, -0.15) is 0 Å². The van der Waals surface area contributed by atoms with E-state index in [0.29, 0.717) is 0 Å². The number of hydrogen-bond acceptors (Lipinski definition) is 4. The summed E-state index contributed by atoms with van der Waals surface area (Å²) in [7, 11) is 0. The Labute approximate surface area is 172 Å². The lowest BCUT2D eigenvalue weighted by Crippen LogP contribution is -2.49. The summed E-state index contributed by atoms with van der Waals surface area (Å²) in [5, 5.41) is 2.99. The minimum atomic E-state index is -0.827. The van der Waals surface area contributed by atoms with Crippen molar-refractivity contribution < 1.29 is 19.1 Å². The highest BCUT2D eigenvalue weighted by Gasteiger charge is 2.71. The van der Waals surface area contributed by atoms with Crippen molar-refractivity contribution in [1.29, 1.82) is 0 Å². The fourth-order valence-corrected chi connectivity index (χ4v) is 4.55. The molecule has 0 saturated carbocycles. The third-order valence-corrected chi connectivity index (χ3v) is 6.58. The van der Waals surface area contributed by atoms with Crippen molar-refractivity contribution in [2.45, 2.75) is 65.1 Å². The number of benzene rings is 1. The highest BCUT2D eigenvalue weighted by Crippen LogP contribution is 2.54. The molecule has 2 aliphatic rings. The van der Waals surface area contributed by atoms with Gasteiger partial charge in [-0.3, -0.25) is 14.9 Å². The monoisotopic (exact) mass is 401 g/mol. The Balaban J connectivity index is 2.02. The van der Waals surface area contributed by atoms with Crippen LogP contribution in [0.3, 0.4) is 0 Å². The van der Waals surface area contributed by atoms with E-state index in [-0.39, 0.29) is 41.0 Å². The molecule has 29 heavy (non-hydrogen) atoms. The number of ether oxygens (including phenoxy) is 1. The molecule has 2 aliphatic heterocycles. The largest absolute Gasteiger partial charge is 0.449 e. The van der Waals surface area contributed by atoms with E-state index in [1.165, 1.54) is 0 Å². The number of unbranched alkanes of at least 4 members (excludes halogenated alkanes) is 2. The molecule has 1 aromatic carbocycles. The summed E-state index contributed by atoms with van der Waals surface area (Å²) in [5.41, 5.74) is 4.80. The predicted octanol–water partition coefficient (Wildman–Crippen LogP) is 3.29. The van der Waals surface area contributed by atoms with Crippen LogP contribution in [0.5, 0.6) is 0 Å². The normalized spacial score (nSPS) is 27.7. The van der Waals surface area contributed by atoms with E-state index in [2.05, 4.69) is 19.2 Å². The van der Waals surface area contributed by atoms with Gasteiger partial charge in [-0.25, -0.2) is 4.79 Å². The number of nitrogens with zero attached hydrogens (tertiary/aromatic N) is 1. The van der Waals surface area contributed by atoms with Crippen molar-refractivity contribution in [2.75, 3.05) is 6.61 Å². The van der Waals surface area contributed by atoms with Crippen molar-refractivity contribution in [3.05, 3.63) is 35.4 Å². The molecular weight excluding hydrogens is 370 g/mol. The van der Waals surface area contributed by atoms with Crippen LogP contribution in [0.1, 0.15) is 74.1 Å². The van der Waals surface area contributed by atoms with Gasteiger partial charge in [0.25, 0.3) is 5.91 Å². The Morgan fingerprint density at radius 2 is 1.90 bits per heavy atom. The maximum Gasteiger partial charge on any atom is 0.409 e. The summed E-state index contributed by atoms with van der Waals surface area (Å²) in [5.74, 6) is -0.975. The van der Waals surface area contributed by atoms with Gasteiger partial charge in [0, 0.05) is 11.3 Å². The molecule has 3 amide bonds. The molecule has 0 aromatic heterocycles.